The van der Waals surface area contributed by atoms with Crippen molar-refractivity contribution in [3.63, 3.8) is 0 Å². The van der Waals surface area contributed by atoms with Crippen molar-refractivity contribution in [1.82, 2.24) is 9.88 Å². The maximum Gasteiger partial charge on any atom is 0.305 e. The minimum absolute atomic E-state index is 0.00507. The number of hydrogen-bond acceptors (Lipinski definition) is 8. The van der Waals surface area contributed by atoms with Crippen LogP contribution < -0.4 is 14.3 Å². The molecule has 6 rings (SSSR count). The predicted octanol–water partition coefficient (Wildman–Crippen LogP) is 2.40. The number of H-pyrrole nitrogens is 1. The summed E-state index contributed by atoms with van der Waals surface area (Å²) >= 11 is 2.82. The minimum atomic E-state index is -1.03. The summed E-state index contributed by atoms with van der Waals surface area (Å²) in [6.07, 6.45) is 0.533. The van der Waals surface area contributed by atoms with Crippen LogP contribution in [0, 0.1) is 29.6 Å². The molecule has 1 aromatic carbocycles. The average molecular weight is 517 g/mol. The second-order valence-corrected chi connectivity index (χ2v) is 11.7. The highest BCUT2D eigenvalue weighted by atomic mass is 32.2. The number of carboxylic acids is 1. The van der Waals surface area contributed by atoms with Crippen molar-refractivity contribution in [3.8, 4) is 11.5 Å². The van der Waals surface area contributed by atoms with Gasteiger partial charge in [-0.2, -0.15) is 0 Å². The molecular formula is C24H24N2O7S2. The Kier molecular flexibility index (Phi) is 5.26. The van der Waals surface area contributed by atoms with Gasteiger partial charge in [-0.3, -0.25) is 24.1 Å². The van der Waals surface area contributed by atoms with Gasteiger partial charge in [0, 0.05) is 22.6 Å². The Morgan fingerprint density at radius 1 is 1.11 bits per heavy atom. The number of nitrogens with one attached hydrogen (secondary N) is 1. The summed E-state index contributed by atoms with van der Waals surface area (Å²) in [4.78, 5) is 55.1. The fourth-order valence-electron chi connectivity index (χ4n) is 6.93. The number of methoxy groups -OCH3 is 2. The van der Waals surface area contributed by atoms with Gasteiger partial charge < -0.3 is 19.6 Å². The third-order valence-electron chi connectivity index (χ3n) is 8.13. The van der Waals surface area contributed by atoms with E-state index in [1.54, 1.807) is 26.0 Å². The topological polar surface area (TPSA) is 126 Å². The summed E-state index contributed by atoms with van der Waals surface area (Å²) in [5.41, 5.74) is 0.984. The van der Waals surface area contributed by atoms with Crippen molar-refractivity contribution < 1.29 is 29.0 Å². The minimum Gasteiger partial charge on any atom is -0.493 e. The lowest BCUT2D eigenvalue weighted by atomic mass is 9.68. The molecule has 1 aromatic heterocycles. The Labute approximate surface area is 208 Å². The number of aromatic amines is 1. The quantitative estimate of drug-likeness (QED) is 0.561. The lowest BCUT2D eigenvalue weighted by Crippen LogP contribution is -2.42. The van der Waals surface area contributed by atoms with Gasteiger partial charge in [-0.15, -0.1) is 11.8 Å². The van der Waals surface area contributed by atoms with E-state index in [1.807, 2.05) is 18.2 Å². The van der Waals surface area contributed by atoms with E-state index in [4.69, 9.17) is 14.6 Å². The standard InChI is InChI=1S/C24H24N2O7S2/c1-32-12-4-3-9(7-13(12)33-2)15-16-10-8-11(19(16)34-21-20(15)35-24(31)25-21)18-17(10)22(29)26(23(18)30)6-5-14(27)28/h3-4,7,10-11,15-19H,5-6,8H2,1-2H3,(H,25,31)(H,27,28)/t10-,11-,15-,16-,17+,18+,19+/m1/s1. The summed E-state index contributed by atoms with van der Waals surface area (Å²) in [7, 11) is 3.16. The van der Waals surface area contributed by atoms with Crippen LogP contribution >= 0.6 is 23.1 Å². The molecule has 7 atom stereocenters. The molecule has 1 saturated heterocycles. The largest absolute Gasteiger partial charge is 0.493 e. The molecule has 3 fully saturated rings. The molecule has 2 N–H and O–H groups in total. The van der Waals surface area contributed by atoms with Gasteiger partial charge >= 0.3 is 10.8 Å². The zero-order valence-corrected chi connectivity index (χ0v) is 20.7. The lowest BCUT2D eigenvalue weighted by Gasteiger charge is -2.43. The zero-order valence-electron chi connectivity index (χ0n) is 19.1. The molecule has 2 amide bonds. The molecule has 11 heteroatoms. The highest BCUT2D eigenvalue weighted by Crippen LogP contribution is 2.68. The maximum atomic E-state index is 13.4. The molecule has 9 nitrogen and oxygen atoms in total. The fraction of sp³-hybridized carbons (Fsp3) is 0.500. The van der Waals surface area contributed by atoms with Gasteiger partial charge in [0.05, 0.1) is 37.5 Å². The number of amides is 2. The third-order valence-corrected chi connectivity index (χ3v) is 10.7. The molecule has 3 heterocycles. The van der Waals surface area contributed by atoms with Gasteiger partial charge in [-0.05, 0) is 41.9 Å². The van der Waals surface area contributed by atoms with Crippen molar-refractivity contribution >= 4 is 40.9 Å². The summed E-state index contributed by atoms with van der Waals surface area (Å²) in [5.74, 6) is -1.20. The van der Waals surface area contributed by atoms with Gasteiger partial charge in [0.2, 0.25) is 11.8 Å². The van der Waals surface area contributed by atoms with E-state index >= 15 is 0 Å². The smallest absolute Gasteiger partial charge is 0.305 e. The number of carbonyl (C=O) groups excluding carboxylic acids is 2. The van der Waals surface area contributed by atoms with Crippen LogP contribution in [-0.2, 0) is 14.4 Å². The first kappa shape index (κ1) is 22.7. The molecule has 2 aromatic rings. The van der Waals surface area contributed by atoms with Crippen molar-refractivity contribution in [2.24, 2.45) is 29.6 Å². The van der Waals surface area contributed by atoms with Gasteiger partial charge in [0.25, 0.3) is 0 Å². The first-order valence-corrected chi connectivity index (χ1v) is 13.2. The van der Waals surface area contributed by atoms with Crippen LogP contribution in [0.25, 0.3) is 0 Å². The van der Waals surface area contributed by atoms with Crippen molar-refractivity contribution in [2.75, 3.05) is 20.8 Å². The van der Waals surface area contributed by atoms with Crippen molar-refractivity contribution in [3.05, 3.63) is 38.3 Å². The van der Waals surface area contributed by atoms with E-state index < -0.39 is 17.8 Å². The van der Waals surface area contributed by atoms with E-state index in [-0.39, 0.29) is 58.6 Å². The molecule has 2 aliphatic carbocycles. The first-order chi connectivity index (χ1) is 16.8. The SMILES string of the molecule is COc1ccc([C@H]2c3sc(=O)[nH]c3S[C@H]3[C@@H]4C[C@@H]([C@@H]5C(=O)N(CCC(=O)O)C(=O)[C@@H]45)[C@H]23)cc1OC. The second-order valence-electron chi connectivity index (χ2n) is 9.55. The Morgan fingerprint density at radius 2 is 1.83 bits per heavy atom. The summed E-state index contributed by atoms with van der Waals surface area (Å²) in [6, 6.07) is 5.78. The molecule has 35 heavy (non-hydrogen) atoms. The number of fused-ring (bicyclic) bond motifs is 9. The fourth-order valence-corrected chi connectivity index (χ4v) is 9.81. The zero-order chi connectivity index (χ0) is 24.6. The van der Waals surface area contributed by atoms with Gasteiger partial charge in [0.15, 0.2) is 11.5 Å². The van der Waals surface area contributed by atoms with Gasteiger partial charge in [-0.1, -0.05) is 17.4 Å². The Bertz CT molecular complexity index is 1300. The number of imide groups is 1. The highest BCUT2D eigenvalue weighted by Gasteiger charge is 2.69. The van der Waals surface area contributed by atoms with Crippen LogP contribution in [0.1, 0.15) is 29.2 Å². The van der Waals surface area contributed by atoms with Crippen LogP contribution in [0.4, 0.5) is 0 Å². The number of nitrogens with zero attached hydrogens (tertiary/aromatic N) is 1. The van der Waals surface area contributed by atoms with Gasteiger partial charge in [-0.25, -0.2) is 0 Å². The van der Waals surface area contributed by atoms with Crippen molar-refractivity contribution in [2.45, 2.75) is 29.0 Å². The first-order valence-electron chi connectivity index (χ1n) is 11.5. The predicted molar refractivity (Wildman–Crippen MR) is 127 cm³/mol. The normalized spacial score (nSPS) is 32.4. The van der Waals surface area contributed by atoms with Crippen LogP contribution in [0.3, 0.4) is 0 Å². The number of aromatic nitrogens is 1. The van der Waals surface area contributed by atoms with E-state index in [0.29, 0.717) is 11.5 Å². The van der Waals surface area contributed by atoms with Crippen LogP contribution in [0.5, 0.6) is 11.5 Å². The molecule has 184 valence electrons. The number of thioether (sulfide) groups is 1. The Balaban J connectivity index is 1.42. The molecule has 0 spiro atoms. The molecule has 2 aliphatic heterocycles. The number of aliphatic carboxylic acids is 1. The number of carboxylic acid groups (broad SMARTS) is 1. The van der Waals surface area contributed by atoms with Crippen LogP contribution in [-0.4, -0.2) is 58.8 Å². The van der Waals surface area contributed by atoms with Crippen LogP contribution in [0.2, 0.25) is 0 Å². The second kappa shape index (κ2) is 8.12. The molecule has 2 saturated carbocycles. The number of thiazole rings is 1. The number of rotatable bonds is 6. The monoisotopic (exact) mass is 516 g/mol. The third kappa shape index (κ3) is 3.20. The lowest BCUT2D eigenvalue weighted by molar-refractivity contribution is -0.142. The average Bonchev–Trinajstić information content (AvgIpc) is 3.56. The van der Waals surface area contributed by atoms with E-state index in [0.717, 1.165) is 21.9 Å². The maximum absolute atomic E-state index is 13.4. The molecule has 2 bridgehead atoms. The van der Waals surface area contributed by atoms with Crippen molar-refractivity contribution in [1.29, 1.82) is 0 Å². The molecule has 4 aliphatic rings. The number of ether oxygens (including phenoxy) is 2. The Morgan fingerprint density at radius 3 is 2.51 bits per heavy atom. The Hall–Kier alpha value is -2.79. The highest BCUT2D eigenvalue weighted by molar-refractivity contribution is 8.00. The summed E-state index contributed by atoms with van der Waals surface area (Å²) in [5, 5.41) is 9.99. The van der Waals surface area contributed by atoms with E-state index in [9.17, 15) is 19.2 Å². The number of hydrogen-bond donors (Lipinski definition) is 2. The number of likely N-dealkylation sites (tertiary alicyclic amines) is 1. The molecular weight excluding hydrogens is 492 g/mol. The molecule has 0 radical (unpaired) electrons. The summed E-state index contributed by atoms with van der Waals surface area (Å²) < 4.78 is 11.0. The van der Waals surface area contributed by atoms with Gasteiger partial charge in [0.1, 0.15) is 0 Å². The molecule has 0 unspecified atom stereocenters. The van der Waals surface area contributed by atoms with E-state index in [1.165, 1.54) is 16.2 Å². The number of benzene rings is 1. The summed E-state index contributed by atoms with van der Waals surface area (Å²) in [6.45, 7) is -0.0817. The van der Waals surface area contributed by atoms with Crippen LogP contribution in [0.15, 0.2) is 28.0 Å². The van der Waals surface area contributed by atoms with E-state index in [2.05, 4.69) is 4.98 Å². The number of carbonyl (C=O) groups is 3.